The Labute approximate surface area is 214 Å². The maximum absolute atomic E-state index is 13.3. The number of carbonyl (C=O) groups excluding carboxylic acids is 2. The summed E-state index contributed by atoms with van der Waals surface area (Å²) in [6.07, 6.45) is 3.55. The number of nitrogens with zero attached hydrogens (tertiary/aromatic N) is 2. The van der Waals surface area contributed by atoms with E-state index < -0.39 is 17.7 Å². The molecular formula is C28H27ClN2O5. The molecule has 1 unspecified atom stereocenters. The van der Waals surface area contributed by atoms with E-state index in [0.717, 1.165) is 31.6 Å². The molecule has 2 fully saturated rings. The summed E-state index contributed by atoms with van der Waals surface area (Å²) in [5, 5.41) is 11.5. The number of rotatable bonds is 5. The van der Waals surface area contributed by atoms with Crippen molar-refractivity contribution >= 4 is 40.4 Å². The van der Waals surface area contributed by atoms with Crippen molar-refractivity contribution in [2.75, 3.05) is 30.0 Å². The van der Waals surface area contributed by atoms with E-state index in [2.05, 4.69) is 4.90 Å². The molecule has 0 radical (unpaired) electrons. The van der Waals surface area contributed by atoms with Crippen LogP contribution in [-0.2, 0) is 9.59 Å². The highest BCUT2D eigenvalue weighted by Crippen LogP contribution is 2.43. The van der Waals surface area contributed by atoms with Gasteiger partial charge < -0.3 is 19.2 Å². The molecule has 2 aromatic carbocycles. The largest absolute Gasteiger partial charge is 0.507 e. The van der Waals surface area contributed by atoms with Crippen molar-refractivity contribution in [2.45, 2.75) is 32.2 Å². The van der Waals surface area contributed by atoms with Crippen molar-refractivity contribution in [3.8, 4) is 5.75 Å². The molecule has 2 aliphatic rings. The van der Waals surface area contributed by atoms with E-state index in [1.54, 1.807) is 31.2 Å². The summed E-state index contributed by atoms with van der Waals surface area (Å²) in [7, 11) is 1.49. The average molecular weight is 507 g/mol. The summed E-state index contributed by atoms with van der Waals surface area (Å²) in [5.41, 5.74) is 1.86. The van der Waals surface area contributed by atoms with Gasteiger partial charge >= 0.3 is 0 Å². The number of aryl methyl sites for hydroxylation is 1. The number of hydrogen-bond acceptors (Lipinski definition) is 6. The van der Waals surface area contributed by atoms with Crippen LogP contribution in [0.2, 0.25) is 5.02 Å². The first-order valence-corrected chi connectivity index (χ1v) is 12.3. The highest BCUT2D eigenvalue weighted by molar-refractivity contribution is 6.51. The molecule has 1 N–H and O–H groups in total. The van der Waals surface area contributed by atoms with Gasteiger partial charge in [0.25, 0.3) is 11.7 Å². The lowest BCUT2D eigenvalue weighted by molar-refractivity contribution is -0.132. The monoisotopic (exact) mass is 506 g/mol. The molecular weight excluding hydrogens is 480 g/mol. The molecule has 8 heteroatoms. The van der Waals surface area contributed by atoms with Gasteiger partial charge in [-0.1, -0.05) is 11.6 Å². The Morgan fingerprint density at radius 3 is 2.31 bits per heavy atom. The van der Waals surface area contributed by atoms with Crippen LogP contribution in [0.3, 0.4) is 0 Å². The second kappa shape index (κ2) is 9.74. The van der Waals surface area contributed by atoms with Crippen molar-refractivity contribution < 1.29 is 23.8 Å². The van der Waals surface area contributed by atoms with Gasteiger partial charge in [-0.3, -0.25) is 14.5 Å². The predicted octanol–water partition coefficient (Wildman–Crippen LogP) is 5.87. The van der Waals surface area contributed by atoms with Gasteiger partial charge in [0.05, 0.1) is 17.7 Å². The predicted molar refractivity (Wildman–Crippen MR) is 139 cm³/mol. The molecule has 2 aliphatic heterocycles. The molecule has 186 valence electrons. The molecule has 5 rings (SSSR count). The fraction of sp³-hybridized carbons (Fsp3) is 0.286. The zero-order chi connectivity index (χ0) is 25.4. The third-order valence-corrected chi connectivity index (χ3v) is 7.04. The lowest BCUT2D eigenvalue weighted by Crippen LogP contribution is -2.30. The Balaban J connectivity index is 1.59. The van der Waals surface area contributed by atoms with Crippen molar-refractivity contribution in [3.63, 3.8) is 0 Å². The lowest BCUT2D eigenvalue weighted by Gasteiger charge is -2.29. The normalized spacial score (nSPS) is 19.7. The van der Waals surface area contributed by atoms with E-state index in [4.69, 9.17) is 20.8 Å². The zero-order valence-electron chi connectivity index (χ0n) is 20.2. The summed E-state index contributed by atoms with van der Waals surface area (Å²) >= 11 is 6.26. The van der Waals surface area contributed by atoms with E-state index in [1.807, 2.05) is 24.3 Å². The summed E-state index contributed by atoms with van der Waals surface area (Å²) in [4.78, 5) is 30.3. The number of anilines is 2. The molecule has 1 amide bonds. The molecule has 3 aromatic rings. The van der Waals surface area contributed by atoms with E-state index >= 15 is 0 Å². The highest BCUT2D eigenvalue weighted by atomic mass is 35.5. The number of ketones is 1. The number of methoxy groups -OCH3 is 1. The number of halogens is 1. The van der Waals surface area contributed by atoms with E-state index in [1.165, 1.54) is 24.5 Å². The Kier molecular flexibility index (Phi) is 6.49. The number of piperidine rings is 1. The fourth-order valence-corrected chi connectivity index (χ4v) is 5.17. The van der Waals surface area contributed by atoms with Crippen molar-refractivity contribution in [1.82, 2.24) is 0 Å². The van der Waals surface area contributed by atoms with Gasteiger partial charge in [-0.15, -0.1) is 0 Å². The maximum atomic E-state index is 13.3. The number of aliphatic hydroxyl groups excluding tert-OH is 1. The molecule has 2 saturated heterocycles. The van der Waals surface area contributed by atoms with Crippen LogP contribution in [0.15, 0.2) is 64.6 Å². The topological polar surface area (TPSA) is 83.2 Å². The Morgan fingerprint density at radius 2 is 1.69 bits per heavy atom. The summed E-state index contributed by atoms with van der Waals surface area (Å²) in [6.45, 7) is 3.78. The molecule has 1 atom stereocenters. The Bertz CT molecular complexity index is 1340. The van der Waals surface area contributed by atoms with Gasteiger partial charge in [0.15, 0.2) is 0 Å². The summed E-state index contributed by atoms with van der Waals surface area (Å²) in [6, 6.07) is 14.8. The quantitative estimate of drug-likeness (QED) is 0.265. The minimum absolute atomic E-state index is 0.0595. The number of aliphatic hydroxyl groups is 1. The molecule has 7 nitrogen and oxygen atoms in total. The number of furan rings is 1. The SMILES string of the molecule is COc1ccc(/C(O)=C2/C(=O)C(=O)N(c3ccc(N4CCCCC4)cc3)C2c2ccc(C)o2)cc1Cl. The van der Waals surface area contributed by atoms with Gasteiger partial charge in [-0.25, -0.2) is 0 Å². The van der Waals surface area contributed by atoms with Crippen molar-refractivity contribution in [2.24, 2.45) is 0 Å². The number of amides is 1. The molecule has 0 saturated carbocycles. The van der Waals surface area contributed by atoms with Crippen molar-refractivity contribution in [1.29, 1.82) is 0 Å². The third kappa shape index (κ3) is 4.24. The van der Waals surface area contributed by atoms with E-state index in [-0.39, 0.29) is 16.4 Å². The van der Waals surface area contributed by atoms with Crippen LogP contribution in [-0.4, -0.2) is 37.0 Å². The van der Waals surface area contributed by atoms with Crippen LogP contribution >= 0.6 is 11.6 Å². The van der Waals surface area contributed by atoms with E-state index in [0.29, 0.717) is 28.5 Å². The maximum Gasteiger partial charge on any atom is 0.300 e. The first-order valence-electron chi connectivity index (χ1n) is 12.0. The third-order valence-electron chi connectivity index (χ3n) is 6.75. The summed E-state index contributed by atoms with van der Waals surface area (Å²) < 4.78 is 11.1. The van der Waals surface area contributed by atoms with Crippen LogP contribution in [0, 0.1) is 6.92 Å². The molecule has 1 aromatic heterocycles. The second-order valence-electron chi connectivity index (χ2n) is 9.03. The van der Waals surface area contributed by atoms with Crippen LogP contribution in [0.25, 0.3) is 5.76 Å². The van der Waals surface area contributed by atoms with Crippen LogP contribution in [0.5, 0.6) is 5.75 Å². The fourth-order valence-electron chi connectivity index (χ4n) is 4.91. The molecule has 0 bridgehead atoms. The number of ether oxygens (including phenoxy) is 1. The van der Waals surface area contributed by atoms with Crippen LogP contribution < -0.4 is 14.5 Å². The van der Waals surface area contributed by atoms with Crippen LogP contribution in [0.4, 0.5) is 11.4 Å². The van der Waals surface area contributed by atoms with Gasteiger partial charge in [0.1, 0.15) is 29.1 Å². The second-order valence-corrected chi connectivity index (χ2v) is 9.44. The standard InChI is InChI=1S/C28H27ClN2O5/c1-17-6-12-23(36-17)25-24(26(32)18-7-13-22(35-2)21(29)16-18)27(33)28(34)31(25)20-10-8-19(9-11-20)30-14-4-3-5-15-30/h6-13,16,25,32H,3-5,14-15H2,1-2H3/b26-24-. The van der Waals surface area contributed by atoms with Gasteiger partial charge in [-0.2, -0.15) is 0 Å². The lowest BCUT2D eigenvalue weighted by atomic mass is 9.99. The Morgan fingerprint density at radius 1 is 1.00 bits per heavy atom. The average Bonchev–Trinajstić information content (AvgIpc) is 3.44. The molecule has 0 spiro atoms. The minimum atomic E-state index is -0.930. The zero-order valence-corrected chi connectivity index (χ0v) is 20.9. The van der Waals surface area contributed by atoms with Gasteiger partial charge in [0, 0.05) is 30.0 Å². The number of carbonyl (C=O) groups is 2. The van der Waals surface area contributed by atoms with Gasteiger partial charge in [-0.05, 0) is 80.8 Å². The minimum Gasteiger partial charge on any atom is -0.507 e. The van der Waals surface area contributed by atoms with Gasteiger partial charge in [0.2, 0.25) is 0 Å². The van der Waals surface area contributed by atoms with Crippen molar-refractivity contribution in [3.05, 3.63) is 82.3 Å². The first kappa shape index (κ1) is 24.0. The highest BCUT2D eigenvalue weighted by Gasteiger charge is 2.48. The Hall–Kier alpha value is -3.71. The summed E-state index contributed by atoms with van der Waals surface area (Å²) in [5.74, 6) is -0.416. The molecule has 3 heterocycles. The molecule has 36 heavy (non-hydrogen) atoms. The number of benzene rings is 2. The smallest absolute Gasteiger partial charge is 0.300 e. The first-order chi connectivity index (χ1) is 17.4. The molecule has 0 aliphatic carbocycles. The van der Waals surface area contributed by atoms with Crippen LogP contribution in [0.1, 0.15) is 42.4 Å². The van der Waals surface area contributed by atoms with E-state index in [9.17, 15) is 14.7 Å². The number of hydrogen-bond donors (Lipinski definition) is 1. The number of Topliss-reactive ketones (excluding diaryl/α,β-unsaturated/α-hetero) is 1.